The topological polar surface area (TPSA) is 59.8 Å². The number of nitrogens with one attached hydrogen (secondary N) is 1. The highest BCUT2D eigenvalue weighted by Gasteiger charge is 2.25. The van der Waals surface area contributed by atoms with Gasteiger partial charge in [-0.3, -0.25) is 4.79 Å². The molecule has 0 bridgehead atoms. The van der Waals surface area contributed by atoms with E-state index in [1.807, 2.05) is 26.0 Å². The summed E-state index contributed by atoms with van der Waals surface area (Å²) in [6.45, 7) is 8.14. The molecule has 0 radical (unpaired) electrons. The van der Waals surface area contributed by atoms with Gasteiger partial charge in [-0.2, -0.15) is 9.90 Å². The summed E-state index contributed by atoms with van der Waals surface area (Å²) in [7, 11) is 0. The van der Waals surface area contributed by atoms with Crippen molar-refractivity contribution >= 4 is 5.91 Å². The summed E-state index contributed by atoms with van der Waals surface area (Å²) in [6, 6.07) is 6.37. The number of benzene rings is 1. The molecule has 1 aliphatic rings. The first-order valence-corrected chi connectivity index (χ1v) is 8.78. The Morgan fingerprint density at radius 2 is 1.92 bits per heavy atom. The summed E-state index contributed by atoms with van der Waals surface area (Å²) in [5, 5.41) is 12.1. The van der Waals surface area contributed by atoms with Crippen molar-refractivity contribution in [3.8, 4) is 5.69 Å². The lowest BCUT2D eigenvalue weighted by Gasteiger charge is -2.29. The molecule has 2 unspecified atom stereocenters. The highest BCUT2D eigenvalue weighted by atomic mass is 16.2. The van der Waals surface area contributed by atoms with Crippen LogP contribution in [0.1, 0.15) is 59.9 Å². The summed E-state index contributed by atoms with van der Waals surface area (Å²) in [4.78, 5) is 14.2. The minimum atomic E-state index is -0.109. The van der Waals surface area contributed by atoms with E-state index >= 15 is 0 Å². The lowest BCUT2D eigenvalue weighted by molar-refractivity contribution is 0.0904. The second-order valence-electron chi connectivity index (χ2n) is 7.06. The first-order chi connectivity index (χ1) is 11.5. The van der Waals surface area contributed by atoms with E-state index in [0.717, 1.165) is 17.7 Å². The van der Waals surface area contributed by atoms with E-state index in [0.29, 0.717) is 17.3 Å². The zero-order chi connectivity index (χ0) is 17.3. The SMILES string of the molecule is Cc1ccc(-n2nc(C)c(C(=O)NC3CCCCC3C)n2)c(C)c1. The lowest BCUT2D eigenvalue weighted by atomic mass is 9.86. The van der Waals surface area contributed by atoms with Gasteiger partial charge in [0.1, 0.15) is 0 Å². The third kappa shape index (κ3) is 3.35. The molecule has 5 nitrogen and oxygen atoms in total. The number of carbonyl (C=O) groups is 1. The van der Waals surface area contributed by atoms with Crippen molar-refractivity contribution < 1.29 is 4.79 Å². The van der Waals surface area contributed by atoms with Crippen LogP contribution in [-0.2, 0) is 0 Å². The minimum absolute atomic E-state index is 0.109. The van der Waals surface area contributed by atoms with Crippen LogP contribution in [0.5, 0.6) is 0 Å². The van der Waals surface area contributed by atoms with Crippen molar-refractivity contribution in [2.45, 2.75) is 59.4 Å². The highest BCUT2D eigenvalue weighted by molar-refractivity contribution is 5.93. The van der Waals surface area contributed by atoms with Gasteiger partial charge >= 0.3 is 0 Å². The fourth-order valence-corrected chi connectivity index (χ4v) is 3.49. The zero-order valence-electron chi connectivity index (χ0n) is 15.0. The molecule has 0 aliphatic heterocycles. The largest absolute Gasteiger partial charge is 0.348 e. The molecule has 0 saturated heterocycles. The van der Waals surface area contributed by atoms with Crippen molar-refractivity contribution in [3.63, 3.8) is 0 Å². The summed E-state index contributed by atoms with van der Waals surface area (Å²) < 4.78 is 0. The van der Waals surface area contributed by atoms with Gasteiger partial charge in [-0.15, -0.1) is 5.10 Å². The van der Waals surface area contributed by atoms with Crippen LogP contribution < -0.4 is 5.32 Å². The van der Waals surface area contributed by atoms with E-state index < -0.39 is 0 Å². The van der Waals surface area contributed by atoms with Gasteiger partial charge in [0.25, 0.3) is 5.91 Å². The molecule has 128 valence electrons. The molecule has 1 aromatic heterocycles. The van der Waals surface area contributed by atoms with Crippen molar-refractivity contribution in [1.29, 1.82) is 0 Å². The Kier molecular flexibility index (Phi) is 4.69. The predicted octanol–water partition coefficient (Wildman–Crippen LogP) is 3.50. The summed E-state index contributed by atoms with van der Waals surface area (Å²) >= 11 is 0. The second kappa shape index (κ2) is 6.75. The first kappa shape index (κ1) is 16.7. The van der Waals surface area contributed by atoms with Crippen molar-refractivity contribution in [2.24, 2.45) is 5.92 Å². The molecule has 1 heterocycles. The van der Waals surface area contributed by atoms with E-state index in [1.54, 1.807) is 4.80 Å². The number of aryl methyl sites for hydroxylation is 3. The molecule has 5 heteroatoms. The monoisotopic (exact) mass is 326 g/mol. The molecule has 1 fully saturated rings. The standard InChI is InChI=1S/C19H26N4O/c1-12-9-10-17(14(3)11-12)23-21-15(4)18(22-23)19(24)20-16-8-6-5-7-13(16)2/h9-11,13,16H,5-8H2,1-4H3,(H,20,24). The van der Waals surface area contributed by atoms with Crippen molar-refractivity contribution in [2.75, 3.05) is 0 Å². The van der Waals surface area contributed by atoms with Crippen LogP contribution in [-0.4, -0.2) is 26.9 Å². The van der Waals surface area contributed by atoms with Crippen LogP contribution in [0.2, 0.25) is 0 Å². The van der Waals surface area contributed by atoms with Gasteiger partial charge in [0.05, 0.1) is 11.4 Å². The van der Waals surface area contributed by atoms with Gasteiger partial charge in [0.2, 0.25) is 0 Å². The van der Waals surface area contributed by atoms with Crippen LogP contribution in [0, 0.1) is 26.7 Å². The molecular formula is C19H26N4O. The quantitative estimate of drug-likeness (QED) is 0.939. The first-order valence-electron chi connectivity index (χ1n) is 8.78. The Morgan fingerprint density at radius 1 is 1.17 bits per heavy atom. The van der Waals surface area contributed by atoms with Gasteiger partial charge in [-0.1, -0.05) is 37.5 Å². The maximum atomic E-state index is 12.6. The fourth-order valence-electron chi connectivity index (χ4n) is 3.49. The van der Waals surface area contributed by atoms with Crippen LogP contribution >= 0.6 is 0 Å². The van der Waals surface area contributed by atoms with Crippen LogP contribution in [0.3, 0.4) is 0 Å². The van der Waals surface area contributed by atoms with Crippen LogP contribution in [0.4, 0.5) is 0 Å². The molecule has 1 amide bonds. The Morgan fingerprint density at radius 3 is 2.62 bits per heavy atom. The average Bonchev–Trinajstić information content (AvgIpc) is 2.91. The number of hydrogen-bond acceptors (Lipinski definition) is 3. The third-order valence-electron chi connectivity index (χ3n) is 4.99. The van der Waals surface area contributed by atoms with Crippen LogP contribution in [0.15, 0.2) is 18.2 Å². The molecular weight excluding hydrogens is 300 g/mol. The molecule has 0 spiro atoms. The number of amides is 1. The smallest absolute Gasteiger partial charge is 0.273 e. The average molecular weight is 326 g/mol. The lowest BCUT2D eigenvalue weighted by Crippen LogP contribution is -2.41. The Bertz CT molecular complexity index is 750. The second-order valence-corrected chi connectivity index (χ2v) is 7.06. The van der Waals surface area contributed by atoms with E-state index in [2.05, 4.69) is 35.4 Å². The number of carbonyl (C=O) groups excluding carboxylic acids is 1. The van der Waals surface area contributed by atoms with E-state index in [-0.39, 0.29) is 11.9 Å². The fraction of sp³-hybridized carbons (Fsp3) is 0.526. The molecule has 1 saturated carbocycles. The van der Waals surface area contributed by atoms with Gasteiger partial charge in [0.15, 0.2) is 5.69 Å². The van der Waals surface area contributed by atoms with Crippen molar-refractivity contribution in [3.05, 3.63) is 40.7 Å². The number of aromatic nitrogens is 3. The molecule has 1 aliphatic carbocycles. The summed E-state index contributed by atoms with van der Waals surface area (Å²) in [6.07, 6.45) is 4.68. The Balaban J connectivity index is 1.82. The molecule has 1 N–H and O–H groups in total. The van der Waals surface area contributed by atoms with Crippen LogP contribution in [0.25, 0.3) is 5.69 Å². The molecule has 24 heavy (non-hydrogen) atoms. The van der Waals surface area contributed by atoms with E-state index in [4.69, 9.17) is 0 Å². The minimum Gasteiger partial charge on any atom is -0.348 e. The predicted molar refractivity (Wildman–Crippen MR) is 94.5 cm³/mol. The molecule has 2 aromatic rings. The number of nitrogens with zero attached hydrogens (tertiary/aromatic N) is 3. The van der Waals surface area contributed by atoms with E-state index in [9.17, 15) is 4.79 Å². The molecule has 1 aromatic carbocycles. The number of hydrogen-bond donors (Lipinski definition) is 1. The Hall–Kier alpha value is -2.17. The van der Waals surface area contributed by atoms with Gasteiger partial charge < -0.3 is 5.32 Å². The maximum Gasteiger partial charge on any atom is 0.273 e. The van der Waals surface area contributed by atoms with E-state index in [1.165, 1.54) is 24.8 Å². The molecule has 2 atom stereocenters. The zero-order valence-corrected chi connectivity index (χ0v) is 15.0. The van der Waals surface area contributed by atoms with Gasteiger partial charge in [-0.05, 0) is 51.2 Å². The summed E-state index contributed by atoms with van der Waals surface area (Å²) in [5.74, 6) is 0.416. The number of rotatable bonds is 3. The highest BCUT2D eigenvalue weighted by Crippen LogP contribution is 2.24. The maximum absolute atomic E-state index is 12.6. The van der Waals surface area contributed by atoms with Crippen molar-refractivity contribution in [1.82, 2.24) is 20.3 Å². The Labute approximate surface area is 143 Å². The van der Waals surface area contributed by atoms with Gasteiger partial charge in [-0.25, -0.2) is 0 Å². The third-order valence-corrected chi connectivity index (χ3v) is 4.99. The molecule has 3 rings (SSSR count). The summed E-state index contributed by atoms with van der Waals surface area (Å²) in [5.41, 5.74) is 4.29. The van der Waals surface area contributed by atoms with Gasteiger partial charge in [0, 0.05) is 6.04 Å². The normalized spacial score (nSPS) is 20.8.